The van der Waals surface area contributed by atoms with Crippen molar-refractivity contribution in [2.24, 2.45) is 0 Å². The van der Waals surface area contributed by atoms with E-state index in [-0.39, 0.29) is 6.09 Å². The Kier molecular flexibility index (Phi) is 3.81. The minimum atomic E-state index is -0.455. The molecule has 1 amide bonds. The van der Waals surface area contributed by atoms with Gasteiger partial charge in [-0.05, 0) is 51.3 Å². The molecule has 0 saturated carbocycles. The van der Waals surface area contributed by atoms with Gasteiger partial charge in [-0.1, -0.05) is 6.07 Å². The number of piperidine rings is 1. The highest BCUT2D eigenvalue weighted by atomic mass is 16.6. The molecule has 0 aliphatic carbocycles. The van der Waals surface area contributed by atoms with Gasteiger partial charge in [0.2, 0.25) is 0 Å². The van der Waals surface area contributed by atoms with Crippen LogP contribution >= 0.6 is 0 Å². The van der Waals surface area contributed by atoms with Crippen LogP contribution in [0.1, 0.15) is 45.1 Å². The van der Waals surface area contributed by atoms with E-state index in [0.717, 1.165) is 30.5 Å². The zero-order valence-corrected chi connectivity index (χ0v) is 13.3. The first-order valence-corrected chi connectivity index (χ1v) is 7.73. The molecule has 5 nitrogen and oxygen atoms in total. The van der Waals surface area contributed by atoms with E-state index in [9.17, 15) is 4.79 Å². The Morgan fingerprint density at radius 1 is 1.41 bits per heavy atom. The number of carbonyl (C=O) groups is 1. The summed E-state index contributed by atoms with van der Waals surface area (Å²) in [5.41, 5.74) is 2.41. The molecular weight excluding hydrogens is 280 g/mol. The zero-order chi connectivity index (χ0) is 15.7. The fourth-order valence-corrected chi connectivity index (χ4v) is 2.87. The number of rotatable bonds is 1. The van der Waals surface area contributed by atoms with Gasteiger partial charge in [0.05, 0.1) is 0 Å². The highest BCUT2D eigenvalue weighted by Crippen LogP contribution is 2.29. The summed E-state index contributed by atoms with van der Waals surface area (Å²) >= 11 is 0. The van der Waals surface area contributed by atoms with Crippen molar-refractivity contribution in [1.29, 1.82) is 0 Å². The summed E-state index contributed by atoms with van der Waals surface area (Å²) < 4.78 is 10.8. The number of carbonyl (C=O) groups excluding carboxylic acids is 1. The summed E-state index contributed by atoms with van der Waals surface area (Å²) in [5.74, 6) is 0.322. The molecule has 22 heavy (non-hydrogen) atoms. The molecule has 0 N–H and O–H groups in total. The molecule has 1 unspecified atom stereocenters. The van der Waals surface area contributed by atoms with E-state index >= 15 is 0 Å². The molecule has 118 valence electrons. The van der Waals surface area contributed by atoms with Crippen LogP contribution in [-0.2, 0) is 4.74 Å². The van der Waals surface area contributed by atoms with E-state index in [2.05, 4.69) is 17.1 Å². The topological polar surface area (TPSA) is 55.6 Å². The van der Waals surface area contributed by atoms with Gasteiger partial charge >= 0.3 is 6.09 Å². The number of aromatic nitrogens is 1. The molecule has 1 aliphatic heterocycles. The number of nitrogens with zero attached hydrogens (tertiary/aromatic N) is 2. The molecule has 1 aromatic heterocycles. The SMILES string of the molecule is CC(C)(C)OC(=O)N1CCCC(c2ccc3ocnc3c2)C1. The van der Waals surface area contributed by atoms with E-state index in [0.29, 0.717) is 12.5 Å². The summed E-state index contributed by atoms with van der Waals surface area (Å²) in [7, 11) is 0. The van der Waals surface area contributed by atoms with Gasteiger partial charge in [-0.3, -0.25) is 0 Å². The van der Waals surface area contributed by atoms with Crippen LogP contribution in [0.3, 0.4) is 0 Å². The van der Waals surface area contributed by atoms with E-state index in [4.69, 9.17) is 9.15 Å². The lowest BCUT2D eigenvalue weighted by Gasteiger charge is -2.34. The van der Waals surface area contributed by atoms with Gasteiger partial charge in [-0.2, -0.15) is 0 Å². The highest BCUT2D eigenvalue weighted by molar-refractivity contribution is 5.73. The Labute approximate surface area is 130 Å². The standard InChI is InChI=1S/C17H22N2O3/c1-17(2,3)22-16(20)19-8-4-5-13(10-19)12-6-7-15-14(9-12)18-11-21-15/h6-7,9,11,13H,4-5,8,10H2,1-3H3. The number of hydrogen-bond donors (Lipinski definition) is 0. The van der Waals surface area contributed by atoms with Crippen LogP contribution in [0, 0.1) is 0 Å². The third kappa shape index (κ3) is 3.24. The van der Waals surface area contributed by atoms with E-state index in [1.165, 1.54) is 12.0 Å². The van der Waals surface area contributed by atoms with Gasteiger partial charge in [0.25, 0.3) is 0 Å². The molecule has 1 aromatic carbocycles. The average molecular weight is 302 g/mol. The van der Waals surface area contributed by atoms with Crippen molar-refractivity contribution in [3.63, 3.8) is 0 Å². The maximum Gasteiger partial charge on any atom is 0.410 e. The Bertz CT molecular complexity index is 672. The van der Waals surface area contributed by atoms with E-state index < -0.39 is 5.60 Å². The number of hydrogen-bond acceptors (Lipinski definition) is 4. The zero-order valence-electron chi connectivity index (χ0n) is 13.3. The Hall–Kier alpha value is -2.04. The first-order valence-electron chi connectivity index (χ1n) is 7.73. The highest BCUT2D eigenvalue weighted by Gasteiger charge is 2.28. The van der Waals surface area contributed by atoms with Gasteiger partial charge in [0.15, 0.2) is 12.0 Å². The van der Waals surface area contributed by atoms with Gasteiger partial charge in [0.1, 0.15) is 11.1 Å². The second-order valence-corrected chi connectivity index (χ2v) is 6.85. The normalized spacial score (nSPS) is 19.4. The maximum atomic E-state index is 12.2. The minimum Gasteiger partial charge on any atom is -0.444 e. The van der Waals surface area contributed by atoms with Crippen molar-refractivity contribution < 1.29 is 13.9 Å². The van der Waals surface area contributed by atoms with Crippen molar-refractivity contribution in [2.75, 3.05) is 13.1 Å². The fourth-order valence-electron chi connectivity index (χ4n) is 2.87. The number of oxazole rings is 1. The predicted octanol–water partition coefficient (Wildman–Crippen LogP) is 3.94. The molecule has 1 saturated heterocycles. The molecule has 0 radical (unpaired) electrons. The first kappa shape index (κ1) is 14.9. The molecule has 1 aliphatic rings. The van der Waals surface area contributed by atoms with Crippen molar-refractivity contribution >= 4 is 17.2 Å². The maximum absolute atomic E-state index is 12.2. The van der Waals surface area contributed by atoms with Crippen molar-refractivity contribution in [3.05, 3.63) is 30.2 Å². The van der Waals surface area contributed by atoms with Crippen LogP contribution in [-0.4, -0.2) is 34.7 Å². The molecule has 2 heterocycles. The molecule has 1 atom stereocenters. The first-order chi connectivity index (χ1) is 10.4. The van der Waals surface area contributed by atoms with Crippen LogP contribution in [0.15, 0.2) is 29.0 Å². The molecule has 3 rings (SSSR count). The quantitative estimate of drug-likeness (QED) is 0.800. The minimum absolute atomic E-state index is 0.222. The molecule has 0 bridgehead atoms. The van der Waals surface area contributed by atoms with Crippen LogP contribution in [0.25, 0.3) is 11.1 Å². The molecule has 0 spiro atoms. The van der Waals surface area contributed by atoms with E-state index in [1.54, 1.807) is 0 Å². The Morgan fingerprint density at radius 2 is 2.23 bits per heavy atom. The fraction of sp³-hybridized carbons (Fsp3) is 0.529. The summed E-state index contributed by atoms with van der Waals surface area (Å²) in [6.45, 7) is 7.14. The van der Waals surface area contributed by atoms with Gasteiger partial charge in [-0.25, -0.2) is 9.78 Å². The third-order valence-corrected chi connectivity index (χ3v) is 3.90. The number of amides is 1. The summed E-state index contributed by atoms with van der Waals surface area (Å²) in [6, 6.07) is 6.07. The molecule has 5 heteroatoms. The monoisotopic (exact) mass is 302 g/mol. The number of benzene rings is 1. The van der Waals surface area contributed by atoms with Crippen LogP contribution in [0.5, 0.6) is 0 Å². The van der Waals surface area contributed by atoms with E-state index in [1.807, 2.05) is 31.7 Å². The van der Waals surface area contributed by atoms with Crippen molar-refractivity contribution in [2.45, 2.75) is 45.1 Å². The lowest BCUT2D eigenvalue weighted by molar-refractivity contribution is 0.0198. The number of fused-ring (bicyclic) bond motifs is 1. The molecular formula is C17H22N2O3. The molecule has 2 aromatic rings. The second-order valence-electron chi connectivity index (χ2n) is 6.85. The summed E-state index contributed by atoms with van der Waals surface area (Å²) in [5, 5.41) is 0. The Morgan fingerprint density at radius 3 is 3.00 bits per heavy atom. The lowest BCUT2D eigenvalue weighted by Crippen LogP contribution is -2.42. The second kappa shape index (κ2) is 5.63. The van der Waals surface area contributed by atoms with Crippen LogP contribution in [0.2, 0.25) is 0 Å². The van der Waals surface area contributed by atoms with Crippen LogP contribution < -0.4 is 0 Å². The lowest BCUT2D eigenvalue weighted by atomic mass is 9.90. The number of likely N-dealkylation sites (tertiary alicyclic amines) is 1. The smallest absolute Gasteiger partial charge is 0.410 e. The number of ether oxygens (including phenoxy) is 1. The van der Waals surface area contributed by atoms with Gasteiger partial charge in [-0.15, -0.1) is 0 Å². The van der Waals surface area contributed by atoms with Crippen LogP contribution in [0.4, 0.5) is 4.79 Å². The van der Waals surface area contributed by atoms with Gasteiger partial charge < -0.3 is 14.1 Å². The largest absolute Gasteiger partial charge is 0.444 e. The summed E-state index contributed by atoms with van der Waals surface area (Å²) in [6.07, 6.45) is 3.30. The van der Waals surface area contributed by atoms with Gasteiger partial charge in [0, 0.05) is 19.0 Å². The molecule has 1 fully saturated rings. The van der Waals surface area contributed by atoms with Crippen molar-refractivity contribution in [1.82, 2.24) is 9.88 Å². The Balaban J connectivity index is 1.73. The summed E-state index contributed by atoms with van der Waals surface area (Å²) in [4.78, 5) is 18.3. The van der Waals surface area contributed by atoms with Crippen molar-refractivity contribution in [3.8, 4) is 0 Å². The third-order valence-electron chi connectivity index (χ3n) is 3.90. The average Bonchev–Trinajstić information content (AvgIpc) is 2.93. The predicted molar refractivity (Wildman–Crippen MR) is 83.8 cm³/mol.